The number of benzene rings is 2. The summed E-state index contributed by atoms with van der Waals surface area (Å²) in [6, 6.07) is 13.8. The lowest BCUT2D eigenvalue weighted by Gasteiger charge is -2.26. The van der Waals surface area contributed by atoms with Crippen LogP contribution in [0.25, 0.3) is 0 Å². The number of fused-ring (bicyclic) bond motifs is 1. The van der Waals surface area contributed by atoms with E-state index in [-0.39, 0.29) is 36.3 Å². The predicted octanol–water partition coefficient (Wildman–Crippen LogP) is 1.95. The molecule has 0 unspecified atom stereocenters. The molecule has 2 aliphatic rings. The summed E-state index contributed by atoms with van der Waals surface area (Å²) in [4.78, 5) is 27.7. The van der Waals surface area contributed by atoms with Gasteiger partial charge in [-0.2, -0.15) is 4.31 Å². The fraction of sp³-hybridized carbons (Fsp3) is 0.300. The van der Waals surface area contributed by atoms with Crippen LogP contribution in [0.4, 0.5) is 5.69 Å². The molecule has 0 saturated carbocycles. The number of carbonyl (C=O) groups is 2. The first-order valence-electron chi connectivity index (χ1n) is 9.37. The number of rotatable bonds is 3. The molecule has 0 spiro atoms. The monoisotopic (exact) mass is 431 g/mol. The van der Waals surface area contributed by atoms with Gasteiger partial charge >= 0.3 is 0 Å². The first-order chi connectivity index (χ1) is 14.0. The van der Waals surface area contributed by atoms with Gasteiger partial charge in [0, 0.05) is 30.1 Å². The number of amides is 2. The fourth-order valence-electron chi connectivity index (χ4n) is 3.45. The van der Waals surface area contributed by atoms with Gasteiger partial charge < -0.3 is 10.2 Å². The van der Waals surface area contributed by atoms with Crippen molar-refractivity contribution in [1.82, 2.24) is 9.62 Å². The van der Waals surface area contributed by atoms with Crippen LogP contribution in [0.1, 0.15) is 16.8 Å². The molecule has 1 saturated heterocycles. The minimum Gasteiger partial charge on any atom is -0.354 e. The summed E-state index contributed by atoms with van der Waals surface area (Å²) in [6.07, 6.45) is 0.853. The molecule has 2 aromatic rings. The van der Waals surface area contributed by atoms with Crippen molar-refractivity contribution >= 4 is 39.3 Å². The number of para-hydroxylation sites is 1. The molecule has 0 atom stereocenters. The number of nitrogens with zero attached hydrogens (tertiary/aromatic N) is 2. The van der Waals surface area contributed by atoms with Crippen molar-refractivity contribution in [2.24, 2.45) is 0 Å². The predicted molar refractivity (Wildman–Crippen MR) is 112 cm³/mol. The number of piperazine rings is 1. The Morgan fingerprint density at radius 2 is 1.90 bits per heavy atom. The molecular formula is C20H21N3O4S2. The SMILES string of the molecule is O=C1CN(S(=O)(=O)c2cccc(C(=O)N3CCCSc4ccccc43)c2)CCN1. The molecule has 1 fully saturated rings. The Kier molecular flexibility index (Phi) is 5.62. The highest BCUT2D eigenvalue weighted by Gasteiger charge is 2.30. The third-order valence-electron chi connectivity index (χ3n) is 4.91. The normalized spacial score (nSPS) is 17.9. The second-order valence-corrected chi connectivity index (χ2v) is 9.92. The molecule has 152 valence electrons. The minimum atomic E-state index is -3.85. The smallest absolute Gasteiger partial charge is 0.258 e. The summed E-state index contributed by atoms with van der Waals surface area (Å²) >= 11 is 1.72. The molecular weight excluding hydrogens is 410 g/mol. The lowest BCUT2D eigenvalue weighted by molar-refractivity contribution is -0.122. The van der Waals surface area contributed by atoms with Crippen LogP contribution in [0, 0.1) is 0 Å². The Bertz CT molecular complexity index is 1060. The van der Waals surface area contributed by atoms with Crippen LogP contribution in [-0.2, 0) is 14.8 Å². The van der Waals surface area contributed by atoms with E-state index in [2.05, 4.69) is 5.32 Å². The second kappa shape index (κ2) is 8.17. The van der Waals surface area contributed by atoms with Crippen LogP contribution in [0.2, 0.25) is 0 Å². The third kappa shape index (κ3) is 4.03. The maximum atomic E-state index is 13.3. The lowest BCUT2D eigenvalue weighted by atomic mass is 10.1. The van der Waals surface area contributed by atoms with Gasteiger partial charge in [0.2, 0.25) is 15.9 Å². The number of thioether (sulfide) groups is 1. The van der Waals surface area contributed by atoms with Crippen LogP contribution >= 0.6 is 11.8 Å². The van der Waals surface area contributed by atoms with E-state index in [1.807, 2.05) is 24.3 Å². The van der Waals surface area contributed by atoms with Gasteiger partial charge in [0.05, 0.1) is 17.1 Å². The van der Waals surface area contributed by atoms with E-state index < -0.39 is 10.0 Å². The van der Waals surface area contributed by atoms with Crippen molar-refractivity contribution in [2.75, 3.05) is 36.8 Å². The zero-order chi connectivity index (χ0) is 20.4. The Labute approximate surface area is 174 Å². The van der Waals surface area contributed by atoms with Crippen molar-refractivity contribution in [3.05, 3.63) is 54.1 Å². The molecule has 7 nitrogen and oxygen atoms in total. The van der Waals surface area contributed by atoms with Gasteiger partial charge in [-0.25, -0.2) is 8.42 Å². The molecule has 9 heteroatoms. The molecule has 0 aromatic heterocycles. The van der Waals surface area contributed by atoms with Crippen LogP contribution in [0.5, 0.6) is 0 Å². The number of carbonyl (C=O) groups excluding carboxylic acids is 2. The van der Waals surface area contributed by atoms with E-state index in [1.165, 1.54) is 12.1 Å². The molecule has 4 rings (SSSR count). The Hall–Kier alpha value is -2.36. The molecule has 2 amide bonds. The maximum Gasteiger partial charge on any atom is 0.258 e. The highest BCUT2D eigenvalue weighted by Crippen LogP contribution is 2.34. The minimum absolute atomic E-state index is 0.0236. The van der Waals surface area contributed by atoms with Crippen LogP contribution in [-0.4, -0.2) is 56.5 Å². The Morgan fingerprint density at radius 3 is 2.72 bits per heavy atom. The summed E-state index contributed by atoms with van der Waals surface area (Å²) < 4.78 is 27.1. The van der Waals surface area contributed by atoms with Gasteiger partial charge in [0.15, 0.2) is 0 Å². The van der Waals surface area contributed by atoms with Crippen LogP contribution < -0.4 is 10.2 Å². The first-order valence-corrected chi connectivity index (χ1v) is 11.8. The summed E-state index contributed by atoms with van der Waals surface area (Å²) in [5, 5.41) is 2.62. The topological polar surface area (TPSA) is 86.8 Å². The first kappa shape index (κ1) is 19.9. The van der Waals surface area contributed by atoms with E-state index in [4.69, 9.17) is 0 Å². The average molecular weight is 432 g/mol. The molecule has 2 aliphatic heterocycles. The quantitative estimate of drug-likeness (QED) is 0.803. The van der Waals surface area contributed by atoms with Gasteiger partial charge in [0.1, 0.15) is 0 Å². The molecule has 2 aromatic carbocycles. The largest absolute Gasteiger partial charge is 0.354 e. The van der Waals surface area contributed by atoms with E-state index in [0.717, 1.165) is 27.1 Å². The number of nitrogens with one attached hydrogen (secondary N) is 1. The summed E-state index contributed by atoms with van der Waals surface area (Å²) in [6.45, 7) is 0.852. The molecule has 2 heterocycles. The molecule has 0 bridgehead atoms. The number of anilines is 1. The molecule has 0 aliphatic carbocycles. The van der Waals surface area contributed by atoms with Gasteiger partial charge in [-0.15, -0.1) is 11.8 Å². The highest BCUT2D eigenvalue weighted by molar-refractivity contribution is 7.99. The zero-order valence-electron chi connectivity index (χ0n) is 15.7. The zero-order valence-corrected chi connectivity index (χ0v) is 17.3. The van der Waals surface area contributed by atoms with Gasteiger partial charge in [0.25, 0.3) is 5.91 Å². The molecule has 29 heavy (non-hydrogen) atoms. The standard InChI is InChI=1S/C20H21N3O4S2/c24-19-14-22(11-9-21-19)29(26,27)16-6-3-5-15(13-16)20(25)23-10-4-12-28-18-8-2-1-7-17(18)23/h1-3,5-8,13H,4,9-12,14H2,(H,21,24). The van der Waals surface area contributed by atoms with E-state index >= 15 is 0 Å². The Balaban J connectivity index is 1.65. The van der Waals surface area contributed by atoms with E-state index in [1.54, 1.807) is 28.8 Å². The molecule has 0 radical (unpaired) electrons. The van der Waals surface area contributed by atoms with E-state index in [9.17, 15) is 18.0 Å². The molecule has 1 N–H and O–H groups in total. The highest BCUT2D eigenvalue weighted by atomic mass is 32.2. The summed E-state index contributed by atoms with van der Waals surface area (Å²) in [5.74, 6) is 0.366. The Morgan fingerprint density at radius 1 is 1.07 bits per heavy atom. The number of hydrogen-bond acceptors (Lipinski definition) is 5. The average Bonchev–Trinajstić information content (AvgIpc) is 2.96. The van der Waals surface area contributed by atoms with Crippen molar-refractivity contribution in [3.8, 4) is 0 Å². The number of hydrogen-bond donors (Lipinski definition) is 1. The van der Waals surface area contributed by atoms with Crippen molar-refractivity contribution < 1.29 is 18.0 Å². The number of sulfonamides is 1. The second-order valence-electron chi connectivity index (χ2n) is 6.84. The van der Waals surface area contributed by atoms with Gasteiger partial charge in [-0.3, -0.25) is 9.59 Å². The van der Waals surface area contributed by atoms with Crippen molar-refractivity contribution in [3.63, 3.8) is 0 Å². The van der Waals surface area contributed by atoms with Crippen LogP contribution in [0.15, 0.2) is 58.3 Å². The maximum absolute atomic E-state index is 13.3. The van der Waals surface area contributed by atoms with Crippen molar-refractivity contribution in [1.29, 1.82) is 0 Å². The van der Waals surface area contributed by atoms with Gasteiger partial charge in [-0.05, 0) is 42.5 Å². The summed E-state index contributed by atoms with van der Waals surface area (Å²) in [7, 11) is -3.85. The van der Waals surface area contributed by atoms with E-state index in [0.29, 0.717) is 12.1 Å². The fourth-order valence-corrected chi connectivity index (χ4v) is 5.89. The van der Waals surface area contributed by atoms with Gasteiger partial charge in [-0.1, -0.05) is 18.2 Å². The summed E-state index contributed by atoms with van der Waals surface area (Å²) in [5.41, 5.74) is 1.16. The van der Waals surface area contributed by atoms with Crippen molar-refractivity contribution in [2.45, 2.75) is 16.2 Å². The third-order valence-corrected chi connectivity index (χ3v) is 7.90. The van der Waals surface area contributed by atoms with Crippen LogP contribution in [0.3, 0.4) is 0 Å². The lowest BCUT2D eigenvalue weighted by Crippen LogP contribution is -2.49.